The van der Waals surface area contributed by atoms with Gasteiger partial charge in [-0.2, -0.15) is 0 Å². The maximum atomic E-state index is 12.1. The standard InChI is InChI=1S/C18H21N5O2/c19-9-15(12-24)23(20)11-14-7-5-13(6-8-14)10-22-17-4-2-1-3-16(17)21-18(22)25/h1-9,24H,10-12,19-20H2,(H,21,25)/b15-9-. The fraction of sp³-hybridized carbons (Fsp3) is 0.167. The molecule has 0 bridgehead atoms. The van der Waals surface area contributed by atoms with Gasteiger partial charge in [0, 0.05) is 6.20 Å². The number of aromatic amines is 1. The van der Waals surface area contributed by atoms with Crippen molar-refractivity contribution in [3.05, 3.63) is 82.0 Å². The van der Waals surface area contributed by atoms with Gasteiger partial charge in [0.2, 0.25) is 0 Å². The third-order valence-corrected chi connectivity index (χ3v) is 4.12. The Morgan fingerprint density at radius 3 is 2.52 bits per heavy atom. The van der Waals surface area contributed by atoms with E-state index in [1.54, 1.807) is 4.57 Å². The van der Waals surface area contributed by atoms with Crippen LogP contribution in [0.1, 0.15) is 11.1 Å². The Morgan fingerprint density at radius 2 is 1.84 bits per heavy atom. The zero-order valence-electron chi connectivity index (χ0n) is 13.7. The number of nitrogens with two attached hydrogens (primary N) is 2. The van der Waals surface area contributed by atoms with Crippen molar-refractivity contribution in [2.45, 2.75) is 13.1 Å². The molecule has 0 saturated heterocycles. The van der Waals surface area contributed by atoms with Crippen molar-refractivity contribution < 1.29 is 5.11 Å². The molecule has 0 spiro atoms. The highest BCUT2D eigenvalue weighted by molar-refractivity contribution is 5.75. The molecule has 3 aromatic rings. The van der Waals surface area contributed by atoms with Crippen molar-refractivity contribution in [1.82, 2.24) is 14.6 Å². The van der Waals surface area contributed by atoms with Gasteiger partial charge < -0.3 is 20.8 Å². The smallest absolute Gasteiger partial charge is 0.326 e. The van der Waals surface area contributed by atoms with Gasteiger partial charge in [0.05, 0.1) is 36.4 Å². The highest BCUT2D eigenvalue weighted by Gasteiger charge is 2.08. The second kappa shape index (κ2) is 7.25. The van der Waals surface area contributed by atoms with E-state index < -0.39 is 0 Å². The number of rotatable bonds is 6. The third kappa shape index (κ3) is 3.57. The monoisotopic (exact) mass is 339 g/mol. The van der Waals surface area contributed by atoms with Crippen molar-refractivity contribution in [2.75, 3.05) is 6.61 Å². The lowest BCUT2D eigenvalue weighted by Crippen LogP contribution is -2.31. The lowest BCUT2D eigenvalue weighted by molar-refractivity contribution is 0.249. The van der Waals surface area contributed by atoms with Crippen LogP contribution >= 0.6 is 0 Å². The second-order valence-corrected chi connectivity index (χ2v) is 5.79. The molecule has 6 N–H and O–H groups in total. The molecular weight excluding hydrogens is 318 g/mol. The summed E-state index contributed by atoms with van der Waals surface area (Å²) in [5, 5.41) is 10.6. The summed E-state index contributed by atoms with van der Waals surface area (Å²) < 4.78 is 1.71. The predicted molar refractivity (Wildman–Crippen MR) is 97.2 cm³/mol. The normalized spacial score (nSPS) is 11.8. The number of para-hydroxylation sites is 2. The minimum atomic E-state index is -0.214. The van der Waals surface area contributed by atoms with Gasteiger partial charge in [0.25, 0.3) is 0 Å². The molecule has 7 nitrogen and oxygen atoms in total. The van der Waals surface area contributed by atoms with Crippen LogP contribution in [0.25, 0.3) is 11.0 Å². The van der Waals surface area contributed by atoms with E-state index in [9.17, 15) is 4.79 Å². The number of aliphatic hydroxyl groups is 1. The van der Waals surface area contributed by atoms with Gasteiger partial charge >= 0.3 is 5.69 Å². The Bertz CT molecular complexity index is 940. The Hall–Kier alpha value is -3.03. The molecule has 1 aromatic heterocycles. The number of H-pyrrole nitrogens is 1. The Morgan fingerprint density at radius 1 is 1.16 bits per heavy atom. The molecule has 25 heavy (non-hydrogen) atoms. The maximum Gasteiger partial charge on any atom is 0.326 e. The summed E-state index contributed by atoms with van der Waals surface area (Å²) in [7, 11) is 0. The molecule has 0 aliphatic heterocycles. The molecule has 7 heteroatoms. The van der Waals surface area contributed by atoms with E-state index in [-0.39, 0.29) is 12.3 Å². The highest BCUT2D eigenvalue weighted by Crippen LogP contribution is 2.13. The highest BCUT2D eigenvalue weighted by atomic mass is 16.3. The number of nitrogens with one attached hydrogen (secondary N) is 1. The number of aliphatic hydroxyl groups excluding tert-OH is 1. The van der Waals surface area contributed by atoms with Crippen LogP contribution < -0.4 is 17.3 Å². The Labute approximate surface area is 144 Å². The van der Waals surface area contributed by atoms with Crippen LogP contribution in [0.3, 0.4) is 0 Å². The fourth-order valence-corrected chi connectivity index (χ4v) is 2.73. The maximum absolute atomic E-state index is 12.1. The zero-order valence-corrected chi connectivity index (χ0v) is 13.7. The van der Waals surface area contributed by atoms with E-state index in [0.29, 0.717) is 18.8 Å². The summed E-state index contributed by atoms with van der Waals surface area (Å²) in [5.41, 5.74) is 9.44. The lowest BCUT2D eigenvalue weighted by Gasteiger charge is -2.20. The molecule has 0 aliphatic rings. The molecule has 0 radical (unpaired) electrons. The summed E-state index contributed by atoms with van der Waals surface area (Å²) in [6.07, 6.45) is 1.29. The Kier molecular flexibility index (Phi) is 4.87. The van der Waals surface area contributed by atoms with Gasteiger partial charge in [-0.1, -0.05) is 36.4 Å². The minimum Gasteiger partial charge on any atom is -0.403 e. The average molecular weight is 339 g/mol. The average Bonchev–Trinajstić information content (AvgIpc) is 2.93. The second-order valence-electron chi connectivity index (χ2n) is 5.79. The molecule has 3 rings (SSSR count). The SMILES string of the molecule is N/C=C(/CO)N(N)Cc1ccc(Cn2c(=O)[nH]c3ccccc32)cc1. The van der Waals surface area contributed by atoms with Crippen LogP contribution in [0.5, 0.6) is 0 Å². The van der Waals surface area contributed by atoms with E-state index in [0.717, 1.165) is 22.2 Å². The number of nitrogens with zero attached hydrogens (tertiary/aromatic N) is 2. The molecule has 0 fully saturated rings. The quantitative estimate of drug-likeness (QED) is 0.393. The predicted octanol–water partition coefficient (Wildman–Crippen LogP) is 0.846. The summed E-state index contributed by atoms with van der Waals surface area (Å²) in [5.74, 6) is 5.88. The van der Waals surface area contributed by atoms with Crippen LogP contribution in [-0.4, -0.2) is 26.3 Å². The number of hydrogen-bond donors (Lipinski definition) is 4. The van der Waals surface area contributed by atoms with E-state index in [4.69, 9.17) is 16.7 Å². The minimum absolute atomic E-state index is 0.126. The van der Waals surface area contributed by atoms with Crippen LogP contribution in [-0.2, 0) is 13.1 Å². The van der Waals surface area contributed by atoms with Crippen molar-refractivity contribution in [2.24, 2.45) is 11.6 Å². The number of hydrazine groups is 1. The van der Waals surface area contributed by atoms with Crippen LogP contribution in [0, 0.1) is 0 Å². The number of fused-ring (bicyclic) bond motifs is 1. The third-order valence-electron chi connectivity index (χ3n) is 4.12. The summed E-state index contributed by atoms with van der Waals surface area (Å²) >= 11 is 0. The zero-order chi connectivity index (χ0) is 17.8. The largest absolute Gasteiger partial charge is 0.403 e. The van der Waals surface area contributed by atoms with Gasteiger partial charge in [-0.25, -0.2) is 10.6 Å². The molecule has 0 amide bonds. The van der Waals surface area contributed by atoms with Crippen LogP contribution in [0.15, 0.2) is 65.2 Å². The fourth-order valence-electron chi connectivity index (χ4n) is 2.73. The molecule has 0 unspecified atom stereocenters. The van der Waals surface area contributed by atoms with E-state index >= 15 is 0 Å². The molecule has 0 atom stereocenters. The van der Waals surface area contributed by atoms with E-state index in [1.165, 1.54) is 11.2 Å². The van der Waals surface area contributed by atoms with Crippen molar-refractivity contribution in [3.63, 3.8) is 0 Å². The van der Waals surface area contributed by atoms with Gasteiger partial charge in [-0.15, -0.1) is 0 Å². The number of benzene rings is 2. The van der Waals surface area contributed by atoms with Crippen LogP contribution in [0.4, 0.5) is 0 Å². The van der Waals surface area contributed by atoms with Gasteiger partial charge in [0.1, 0.15) is 0 Å². The molecular formula is C18H21N5O2. The van der Waals surface area contributed by atoms with Crippen LogP contribution in [0.2, 0.25) is 0 Å². The summed E-state index contributed by atoms with van der Waals surface area (Å²) in [4.78, 5) is 15.0. The first-order valence-electron chi connectivity index (χ1n) is 7.91. The van der Waals surface area contributed by atoms with Crippen molar-refractivity contribution in [1.29, 1.82) is 0 Å². The molecule has 1 heterocycles. The number of imidazole rings is 1. The van der Waals surface area contributed by atoms with E-state index in [1.807, 2.05) is 48.5 Å². The van der Waals surface area contributed by atoms with Crippen molar-refractivity contribution in [3.8, 4) is 0 Å². The Balaban J connectivity index is 1.77. The summed E-state index contributed by atoms with van der Waals surface area (Å²) in [6.45, 7) is 0.700. The topological polar surface area (TPSA) is 113 Å². The molecule has 0 aliphatic carbocycles. The molecule has 130 valence electrons. The lowest BCUT2D eigenvalue weighted by atomic mass is 10.1. The van der Waals surface area contributed by atoms with E-state index in [2.05, 4.69) is 4.98 Å². The summed E-state index contributed by atoms with van der Waals surface area (Å²) in [6, 6.07) is 15.4. The number of hydrogen-bond acceptors (Lipinski definition) is 5. The van der Waals surface area contributed by atoms with Gasteiger partial charge in [-0.3, -0.25) is 4.57 Å². The van der Waals surface area contributed by atoms with Gasteiger partial charge in [0.15, 0.2) is 0 Å². The van der Waals surface area contributed by atoms with Gasteiger partial charge in [-0.05, 0) is 23.3 Å². The van der Waals surface area contributed by atoms with Crippen molar-refractivity contribution >= 4 is 11.0 Å². The number of aromatic nitrogens is 2. The molecule has 0 saturated carbocycles. The first kappa shape index (κ1) is 16.8. The first-order chi connectivity index (χ1) is 12.1. The molecule has 2 aromatic carbocycles. The first-order valence-corrected chi connectivity index (χ1v) is 7.91.